The zero-order chi connectivity index (χ0) is 19.2. The van der Waals surface area contributed by atoms with E-state index in [9.17, 15) is 21.2 Å². The average molecular weight is 410 g/mol. The Hall–Kier alpha value is -1.11. The normalized spacial score (nSPS) is 16.9. The van der Waals surface area contributed by atoms with Crippen molar-refractivity contribution in [2.75, 3.05) is 58.7 Å². The standard InChI is InChI=1S/C15H24FN3O5S2/c1-24-12-10-19(26(22,23)15-4-2-14(16)3-5-15)11-13-25(20,21)18-8-6-17-7-9-18/h2-5,17H,6-13H2,1H3. The largest absolute Gasteiger partial charge is 0.383 e. The molecule has 0 saturated carbocycles. The summed E-state index contributed by atoms with van der Waals surface area (Å²) in [7, 11) is -6.09. The van der Waals surface area contributed by atoms with Crippen molar-refractivity contribution in [2.24, 2.45) is 0 Å². The predicted molar refractivity (Wildman–Crippen MR) is 95.3 cm³/mol. The molecule has 26 heavy (non-hydrogen) atoms. The molecule has 1 aromatic carbocycles. The zero-order valence-electron chi connectivity index (χ0n) is 14.6. The quantitative estimate of drug-likeness (QED) is 0.602. The first-order valence-electron chi connectivity index (χ1n) is 8.20. The third kappa shape index (κ3) is 5.44. The van der Waals surface area contributed by atoms with Gasteiger partial charge in [0.05, 0.1) is 17.3 Å². The third-order valence-corrected chi connectivity index (χ3v) is 7.83. The van der Waals surface area contributed by atoms with Crippen molar-refractivity contribution < 1.29 is 26.0 Å². The Kier molecular flexibility index (Phi) is 7.50. The van der Waals surface area contributed by atoms with Crippen LogP contribution in [0.25, 0.3) is 0 Å². The van der Waals surface area contributed by atoms with Crippen LogP contribution in [0.4, 0.5) is 4.39 Å². The summed E-state index contributed by atoms with van der Waals surface area (Å²) in [6.07, 6.45) is 0. The van der Waals surface area contributed by atoms with Gasteiger partial charge in [0.15, 0.2) is 0 Å². The van der Waals surface area contributed by atoms with E-state index >= 15 is 0 Å². The Morgan fingerprint density at radius 2 is 1.73 bits per heavy atom. The molecular weight excluding hydrogens is 385 g/mol. The maximum Gasteiger partial charge on any atom is 0.243 e. The maximum absolute atomic E-state index is 13.1. The molecule has 0 unspecified atom stereocenters. The lowest BCUT2D eigenvalue weighted by Gasteiger charge is -2.28. The summed E-state index contributed by atoms with van der Waals surface area (Å²) in [5, 5.41) is 3.07. The summed E-state index contributed by atoms with van der Waals surface area (Å²) >= 11 is 0. The first kappa shape index (κ1) is 21.2. The van der Waals surface area contributed by atoms with Gasteiger partial charge in [-0.1, -0.05) is 0 Å². The fourth-order valence-electron chi connectivity index (χ4n) is 2.57. The summed E-state index contributed by atoms with van der Waals surface area (Å²) in [4.78, 5) is -0.0884. The number of piperazine rings is 1. The van der Waals surface area contributed by atoms with E-state index in [2.05, 4.69) is 5.32 Å². The number of rotatable bonds is 9. The second-order valence-electron chi connectivity index (χ2n) is 5.82. The highest BCUT2D eigenvalue weighted by molar-refractivity contribution is 7.90. The summed E-state index contributed by atoms with van der Waals surface area (Å²) in [6.45, 7) is 1.80. The minimum Gasteiger partial charge on any atom is -0.383 e. The number of methoxy groups -OCH3 is 1. The summed E-state index contributed by atoms with van der Waals surface area (Å²) in [5.74, 6) is -0.870. The van der Waals surface area contributed by atoms with E-state index in [1.165, 1.54) is 11.4 Å². The summed E-state index contributed by atoms with van der Waals surface area (Å²) in [5.41, 5.74) is 0. The average Bonchev–Trinajstić information content (AvgIpc) is 2.62. The van der Waals surface area contributed by atoms with Crippen molar-refractivity contribution >= 4 is 20.0 Å². The van der Waals surface area contributed by atoms with Crippen molar-refractivity contribution in [1.82, 2.24) is 13.9 Å². The van der Waals surface area contributed by atoms with Gasteiger partial charge in [-0.2, -0.15) is 8.61 Å². The van der Waals surface area contributed by atoms with Crippen LogP contribution in [0.1, 0.15) is 0 Å². The summed E-state index contributed by atoms with van der Waals surface area (Å²) < 4.78 is 70.9. The van der Waals surface area contributed by atoms with E-state index in [1.54, 1.807) is 0 Å². The Morgan fingerprint density at radius 3 is 2.31 bits per heavy atom. The molecule has 11 heteroatoms. The second kappa shape index (κ2) is 9.20. The number of nitrogens with zero attached hydrogens (tertiary/aromatic N) is 2. The van der Waals surface area contributed by atoms with E-state index < -0.39 is 25.9 Å². The number of halogens is 1. The minimum atomic E-state index is -3.95. The molecule has 2 rings (SSSR count). The monoisotopic (exact) mass is 409 g/mol. The lowest BCUT2D eigenvalue weighted by Crippen LogP contribution is -2.48. The van der Waals surface area contributed by atoms with Gasteiger partial charge in [-0.15, -0.1) is 0 Å². The van der Waals surface area contributed by atoms with Crippen LogP contribution in [0.5, 0.6) is 0 Å². The van der Waals surface area contributed by atoms with Gasteiger partial charge >= 0.3 is 0 Å². The van der Waals surface area contributed by atoms with Gasteiger partial charge in [-0.25, -0.2) is 21.2 Å². The number of sulfonamides is 2. The molecule has 0 spiro atoms. The molecule has 8 nitrogen and oxygen atoms in total. The second-order valence-corrected chi connectivity index (χ2v) is 9.84. The molecule has 148 valence electrons. The van der Waals surface area contributed by atoms with Gasteiger partial charge < -0.3 is 10.1 Å². The fourth-order valence-corrected chi connectivity index (χ4v) is 5.56. The lowest BCUT2D eigenvalue weighted by molar-refractivity contribution is 0.180. The molecule has 1 aromatic rings. The molecule has 0 amide bonds. The van der Waals surface area contributed by atoms with Gasteiger partial charge in [0.1, 0.15) is 5.82 Å². The molecular formula is C15H24FN3O5S2. The highest BCUT2D eigenvalue weighted by Gasteiger charge is 2.29. The van der Waals surface area contributed by atoms with Crippen LogP contribution in [0.2, 0.25) is 0 Å². The van der Waals surface area contributed by atoms with Crippen molar-refractivity contribution in [1.29, 1.82) is 0 Å². The molecule has 1 heterocycles. The Morgan fingerprint density at radius 1 is 1.12 bits per heavy atom. The van der Waals surface area contributed by atoms with Crippen LogP contribution in [0, 0.1) is 5.82 Å². The SMILES string of the molecule is COCCN(CCS(=O)(=O)N1CCNCC1)S(=O)(=O)c1ccc(F)cc1. The van der Waals surface area contributed by atoms with E-state index in [0.717, 1.165) is 28.6 Å². The Balaban J connectivity index is 2.14. The number of ether oxygens (including phenoxy) is 1. The lowest BCUT2D eigenvalue weighted by atomic mass is 10.4. The molecule has 0 aliphatic carbocycles. The molecule has 0 atom stereocenters. The van der Waals surface area contributed by atoms with E-state index in [4.69, 9.17) is 4.74 Å². The molecule has 0 radical (unpaired) electrons. The van der Waals surface area contributed by atoms with E-state index in [1.807, 2.05) is 0 Å². The molecule has 0 aromatic heterocycles. The molecule has 1 fully saturated rings. The van der Waals surface area contributed by atoms with Crippen LogP contribution < -0.4 is 5.32 Å². The Labute approximate surface area is 154 Å². The first-order valence-corrected chi connectivity index (χ1v) is 11.3. The number of benzene rings is 1. The van der Waals surface area contributed by atoms with Crippen molar-refractivity contribution in [2.45, 2.75) is 4.90 Å². The van der Waals surface area contributed by atoms with Crippen molar-refractivity contribution in [3.8, 4) is 0 Å². The van der Waals surface area contributed by atoms with Gasteiger partial charge in [-0.05, 0) is 24.3 Å². The van der Waals surface area contributed by atoms with Gasteiger partial charge in [0, 0.05) is 46.4 Å². The minimum absolute atomic E-state index is 0.00723. The Bertz CT molecular complexity index is 778. The van der Waals surface area contributed by atoms with Crippen LogP contribution in [0.3, 0.4) is 0 Å². The topological polar surface area (TPSA) is 96.0 Å². The molecule has 1 aliphatic rings. The molecule has 1 aliphatic heterocycles. The molecule has 1 N–H and O–H groups in total. The van der Waals surface area contributed by atoms with Gasteiger partial charge in [-0.3, -0.25) is 0 Å². The number of hydrogen-bond acceptors (Lipinski definition) is 6. The van der Waals surface area contributed by atoms with E-state index in [-0.39, 0.29) is 30.3 Å². The van der Waals surface area contributed by atoms with Crippen molar-refractivity contribution in [3.63, 3.8) is 0 Å². The van der Waals surface area contributed by atoms with Gasteiger partial charge in [0.25, 0.3) is 0 Å². The first-order chi connectivity index (χ1) is 12.3. The van der Waals surface area contributed by atoms with Gasteiger partial charge in [0.2, 0.25) is 20.0 Å². The number of nitrogens with one attached hydrogen (secondary N) is 1. The third-order valence-electron chi connectivity index (χ3n) is 4.06. The number of hydrogen-bond donors (Lipinski definition) is 1. The molecule has 0 bridgehead atoms. The predicted octanol–water partition coefficient (Wildman–Crippen LogP) is -0.302. The van der Waals surface area contributed by atoms with Crippen LogP contribution in [-0.4, -0.2) is 84.2 Å². The summed E-state index contributed by atoms with van der Waals surface area (Å²) in [6, 6.07) is 4.43. The highest BCUT2D eigenvalue weighted by atomic mass is 32.2. The van der Waals surface area contributed by atoms with Crippen LogP contribution in [0.15, 0.2) is 29.2 Å². The van der Waals surface area contributed by atoms with Crippen LogP contribution in [-0.2, 0) is 24.8 Å². The smallest absolute Gasteiger partial charge is 0.243 e. The van der Waals surface area contributed by atoms with Crippen LogP contribution >= 0.6 is 0 Å². The maximum atomic E-state index is 13.1. The van der Waals surface area contributed by atoms with Crippen molar-refractivity contribution in [3.05, 3.63) is 30.1 Å². The van der Waals surface area contributed by atoms with E-state index in [0.29, 0.717) is 26.2 Å². The molecule has 1 saturated heterocycles. The fraction of sp³-hybridized carbons (Fsp3) is 0.600. The zero-order valence-corrected chi connectivity index (χ0v) is 16.2. The highest BCUT2D eigenvalue weighted by Crippen LogP contribution is 2.17.